The number of carboxylic acid groups (broad SMARTS) is 1. The Morgan fingerprint density at radius 2 is 2.33 bits per heavy atom. The van der Waals surface area contributed by atoms with Crippen LogP contribution in [0.5, 0.6) is 0 Å². The number of hydrogen-bond donors (Lipinski definition) is 1. The molecular formula is C10H11NO4. The molecular weight excluding hydrogens is 198 g/mol. The number of hydrogen-bond acceptors (Lipinski definition) is 3. The second kappa shape index (κ2) is 3.86. The molecule has 5 heteroatoms. The van der Waals surface area contributed by atoms with Crippen molar-refractivity contribution in [3.63, 3.8) is 0 Å². The number of ether oxygens (including phenoxy) is 1. The Bertz CT molecular complexity index is 431. The van der Waals surface area contributed by atoms with E-state index in [1.807, 2.05) is 0 Å². The first-order valence-electron chi connectivity index (χ1n) is 4.72. The highest BCUT2D eigenvalue weighted by molar-refractivity contribution is 5.87. The minimum absolute atomic E-state index is 0.0307. The Kier molecular flexibility index (Phi) is 2.55. The van der Waals surface area contributed by atoms with Crippen LogP contribution < -0.4 is 5.56 Å². The molecule has 0 radical (unpaired) electrons. The number of rotatable bonds is 2. The van der Waals surface area contributed by atoms with Crippen molar-refractivity contribution < 1.29 is 14.6 Å². The van der Waals surface area contributed by atoms with E-state index in [1.165, 1.54) is 22.9 Å². The molecule has 5 nitrogen and oxygen atoms in total. The molecule has 1 saturated heterocycles. The molecule has 1 aromatic heterocycles. The summed E-state index contributed by atoms with van der Waals surface area (Å²) in [6.07, 6.45) is 2.13. The van der Waals surface area contributed by atoms with Crippen molar-refractivity contribution in [1.29, 1.82) is 0 Å². The first kappa shape index (κ1) is 9.92. The van der Waals surface area contributed by atoms with Gasteiger partial charge in [-0.15, -0.1) is 0 Å². The van der Waals surface area contributed by atoms with E-state index in [-0.39, 0.29) is 17.2 Å². The average Bonchev–Trinajstić information content (AvgIpc) is 2.71. The van der Waals surface area contributed by atoms with Crippen molar-refractivity contribution in [1.82, 2.24) is 4.57 Å². The fraction of sp³-hybridized carbons (Fsp3) is 0.400. The molecule has 0 aromatic carbocycles. The number of carboxylic acids is 1. The van der Waals surface area contributed by atoms with E-state index in [1.54, 1.807) is 0 Å². The second-order valence-electron chi connectivity index (χ2n) is 3.49. The molecule has 1 aliphatic heterocycles. The molecule has 1 unspecified atom stereocenters. The summed E-state index contributed by atoms with van der Waals surface area (Å²) in [4.78, 5) is 22.2. The van der Waals surface area contributed by atoms with Gasteiger partial charge in [0.15, 0.2) is 0 Å². The summed E-state index contributed by atoms with van der Waals surface area (Å²) in [6, 6.07) is 2.57. The summed E-state index contributed by atoms with van der Waals surface area (Å²) in [7, 11) is 0. The molecule has 1 fully saturated rings. The van der Waals surface area contributed by atoms with Gasteiger partial charge in [-0.25, -0.2) is 4.79 Å². The van der Waals surface area contributed by atoms with Gasteiger partial charge in [0.25, 0.3) is 5.56 Å². The molecule has 2 rings (SSSR count). The van der Waals surface area contributed by atoms with Crippen LogP contribution in [0.1, 0.15) is 22.8 Å². The predicted octanol–water partition coefficient (Wildman–Crippen LogP) is 0.508. The number of aromatic carboxylic acids is 1. The lowest BCUT2D eigenvalue weighted by atomic mass is 10.2. The van der Waals surface area contributed by atoms with Crippen LogP contribution >= 0.6 is 0 Å². The lowest BCUT2D eigenvalue weighted by molar-refractivity contribution is 0.0695. The average molecular weight is 209 g/mol. The van der Waals surface area contributed by atoms with E-state index in [0.717, 1.165) is 6.42 Å². The van der Waals surface area contributed by atoms with Crippen molar-refractivity contribution in [3.05, 3.63) is 34.2 Å². The zero-order valence-corrected chi connectivity index (χ0v) is 8.05. The minimum Gasteiger partial charge on any atom is -0.478 e. The van der Waals surface area contributed by atoms with Gasteiger partial charge in [-0.2, -0.15) is 0 Å². The fourth-order valence-corrected chi connectivity index (χ4v) is 1.66. The maximum absolute atomic E-state index is 11.5. The highest BCUT2D eigenvalue weighted by atomic mass is 16.5. The molecule has 0 aliphatic carbocycles. The number of pyridine rings is 1. The Labute approximate surface area is 85.9 Å². The maximum atomic E-state index is 11.5. The van der Waals surface area contributed by atoms with Crippen LogP contribution in [0, 0.1) is 0 Å². The van der Waals surface area contributed by atoms with Crippen LogP contribution in [0.4, 0.5) is 0 Å². The second-order valence-corrected chi connectivity index (χ2v) is 3.49. The van der Waals surface area contributed by atoms with Gasteiger partial charge in [0, 0.05) is 18.9 Å². The van der Waals surface area contributed by atoms with E-state index in [9.17, 15) is 9.59 Å². The van der Waals surface area contributed by atoms with Crippen LogP contribution in [0.15, 0.2) is 23.1 Å². The largest absolute Gasteiger partial charge is 0.478 e. The highest BCUT2D eigenvalue weighted by Crippen LogP contribution is 2.16. The van der Waals surface area contributed by atoms with Gasteiger partial charge >= 0.3 is 5.97 Å². The number of carbonyl (C=O) groups is 1. The van der Waals surface area contributed by atoms with Crippen molar-refractivity contribution in [2.75, 3.05) is 13.2 Å². The first-order chi connectivity index (χ1) is 7.18. The molecule has 0 saturated carbocycles. The molecule has 80 valence electrons. The summed E-state index contributed by atoms with van der Waals surface area (Å²) < 4.78 is 6.60. The molecule has 2 heterocycles. The Hall–Kier alpha value is -1.62. The fourth-order valence-electron chi connectivity index (χ4n) is 1.66. The lowest BCUT2D eigenvalue weighted by Gasteiger charge is -2.11. The molecule has 0 amide bonds. The van der Waals surface area contributed by atoms with Gasteiger partial charge < -0.3 is 14.4 Å². The van der Waals surface area contributed by atoms with E-state index in [2.05, 4.69) is 0 Å². The Morgan fingerprint density at radius 1 is 1.53 bits per heavy atom. The standard InChI is InChI=1S/C10H11NO4/c12-9-2-1-7(10(13)14)5-11(9)8-3-4-15-6-8/h1-2,5,8H,3-4,6H2,(H,13,14). The SMILES string of the molecule is O=C(O)c1ccc(=O)n(C2CCOC2)c1. The molecule has 1 aromatic rings. The molecule has 1 atom stereocenters. The van der Waals surface area contributed by atoms with Crippen LogP contribution in [-0.4, -0.2) is 28.9 Å². The summed E-state index contributed by atoms with van der Waals surface area (Å²) in [5, 5.41) is 8.80. The van der Waals surface area contributed by atoms with Crippen LogP contribution in [-0.2, 0) is 4.74 Å². The summed E-state index contributed by atoms with van der Waals surface area (Å²) in [5.41, 5.74) is -0.0583. The van der Waals surface area contributed by atoms with E-state index in [0.29, 0.717) is 13.2 Å². The smallest absolute Gasteiger partial charge is 0.337 e. The monoisotopic (exact) mass is 209 g/mol. The summed E-state index contributed by atoms with van der Waals surface area (Å²) >= 11 is 0. The van der Waals surface area contributed by atoms with Crippen molar-refractivity contribution in [2.24, 2.45) is 0 Å². The van der Waals surface area contributed by atoms with Gasteiger partial charge in [0.2, 0.25) is 0 Å². The van der Waals surface area contributed by atoms with Crippen molar-refractivity contribution in [2.45, 2.75) is 12.5 Å². The third-order valence-corrected chi connectivity index (χ3v) is 2.48. The molecule has 1 N–H and O–H groups in total. The number of nitrogens with zero attached hydrogens (tertiary/aromatic N) is 1. The van der Waals surface area contributed by atoms with E-state index < -0.39 is 5.97 Å². The van der Waals surface area contributed by atoms with Crippen LogP contribution in [0.25, 0.3) is 0 Å². The van der Waals surface area contributed by atoms with E-state index >= 15 is 0 Å². The molecule has 15 heavy (non-hydrogen) atoms. The first-order valence-corrected chi connectivity index (χ1v) is 4.72. The van der Waals surface area contributed by atoms with E-state index in [4.69, 9.17) is 9.84 Å². The quantitative estimate of drug-likeness (QED) is 0.770. The topological polar surface area (TPSA) is 68.5 Å². The zero-order valence-electron chi connectivity index (χ0n) is 8.05. The lowest BCUT2D eigenvalue weighted by Crippen LogP contribution is -2.25. The highest BCUT2D eigenvalue weighted by Gasteiger charge is 2.19. The zero-order chi connectivity index (χ0) is 10.8. The molecule has 0 bridgehead atoms. The summed E-state index contributed by atoms with van der Waals surface area (Å²) in [5.74, 6) is -1.03. The number of aromatic nitrogens is 1. The Morgan fingerprint density at radius 3 is 2.93 bits per heavy atom. The van der Waals surface area contributed by atoms with Gasteiger partial charge in [-0.1, -0.05) is 0 Å². The van der Waals surface area contributed by atoms with Crippen molar-refractivity contribution in [3.8, 4) is 0 Å². The normalized spacial score (nSPS) is 20.4. The van der Waals surface area contributed by atoms with Gasteiger partial charge in [0.05, 0.1) is 18.2 Å². The maximum Gasteiger partial charge on any atom is 0.337 e. The Balaban J connectivity index is 2.40. The minimum atomic E-state index is -1.03. The van der Waals surface area contributed by atoms with Gasteiger partial charge in [0.1, 0.15) is 0 Å². The summed E-state index contributed by atoms with van der Waals surface area (Å²) in [6.45, 7) is 1.09. The van der Waals surface area contributed by atoms with Gasteiger partial charge in [-0.3, -0.25) is 4.79 Å². The van der Waals surface area contributed by atoms with Crippen LogP contribution in [0.2, 0.25) is 0 Å². The third-order valence-electron chi connectivity index (χ3n) is 2.48. The third kappa shape index (κ3) is 1.92. The molecule has 0 spiro atoms. The molecule has 1 aliphatic rings. The van der Waals surface area contributed by atoms with Crippen molar-refractivity contribution >= 4 is 5.97 Å². The van der Waals surface area contributed by atoms with Crippen LogP contribution in [0.3, 0.4) is 0 Å². The predicted molar refractivity (Wildman–Crippen MR) is 52.1 cm³/mol. The van der Waals surface area contributed by atoms with Gasteiger partial charge in [-0.05, 0) is 12.5 Å².